The molecule has 5 heteroatoms. The van der Waals surface area contributed by atoms with Crippen molar-refractivity contribution in [3.05, 3.63) is 206 Å². The van der Waals surface area contributed by atoms with Gasteiger partial charge in [0.2, 0.25) is 0 Å². The van der Waals surface area contributed by atoms with Crippen molar-refractivity contribution in [3.63, 3.8) is 0 Å². The van der Waals surface area contributed by atoms with E-state index >= 15 is 0 Å². The Morgan fingerprint density at radius 3 is 1.47 bits per heavy atom. The molecular weight excluding hydrogens is 733 g/mol. The molecule has 0 bridgehead atoms. The van der Waals surface area contributed by atoms with Crippen molar-refractivity contribution in [2.24, 2.45) is 0 Å². The molecule has 12 aromatic rings. The number of para-hydroxylation sites is 2. The zero-order chi connectivity index (χ0) is 39.6. The van der Waals surface area contributed by atoms with E-state index in [9.17, 15) is 0 Å². The van der Waals surface area contributed by atoms with Gasteiger partial charge in [0.1, 0.15) is 5.58 Å². The first-order valence-electron chi connectivity index (χ1n) is 20.2. The van der Waals surface area contributed by atoms with Gasteiger partial charge in [0.05, 0.1) is 16.7 Å². The monoisotopic (exact) mass is 766 g/mol. The van der Waals surface area contributed by atoms with E-state index in [-0.39, 0.29) is 0 Å². The molecule has 280 valence electrons. The summed E-state index contributed by atoms with van der Waals surface area (Å²) in [6.45, 7) is 0. The van der Waals surface area contributed by atoms with Crippen LogP contribution < -0.4 is 0 Å². The number of hydrogen-bond donors (Lipinski definition) is 0. The topological polar surface area (TPSA) is 56.7 Å². The zero-order valence-electron chi connectivity index (χ0n) is 32.3. The summed E-state index contributed by atoms with van der Waals surface area (Å²) in [5.41, 5.74) is 12.2. The fraction of sp³-hybridized carbons (Fsp3) is 0. The molecule has 0 spiro atoms. The van der Waals surface area contributed by atoms with Crippen LogP contribution in [0.3, 0.4) is 0 Å². The van der Waals surface area contributed by atoms with Gasteiger partial charge in [-0.3, -0.25) is 0 Å². The van der Waals surface area contributed by atoms with Crippen molar-refractivity contribution in [1.29, 1.82) is 0 Å². The number of fused-ring (bicyclic) bond motifs is 7. The minimum absolute atomic E-state index is 0.593. The average Bonchev–Trinajstić information content (AvgIpc) is 3.86. The van der Waals surface area contributed by atoms with Crippen LogP contribution in [0.1, 0.15) is 0 Å². The minimum atomic E-state index is 0.593. The predicted octanol–water partition coefficient (Wildman–Crippen LogP) is 14.4. The van der Waals surface area contributed by atoms with E-state index in [1.165, 1.54) is 21.5 Å². The second kappa shape index (κ2) is 13.8. The number of furan rings is 1. The molecule has 0 aliphatic heterocycles. The Balaban J connectivity index is 1.01. The second-order valence-electron chi connectivity index (χ2n) is 15.2. The lowest BCUT2D eigenvalue weighted by Crippen LogP contribution is -2.00. The Hall–Kier alpha value is -8.15. The molecule has 0 aliphatic carbocycles. The van der Waals surface area contributed by atoms with Crippen molar-refractivity contribution < 1.29 is 4.42 Å². The van der Waals surface area contributed by atoms with Crippen LogP contribution in [0.25, 0.3) is 117 Å². The largest absolute Gasteiger partial charge is 0.454 e. The Morgan fingerprint density at radius 2 is 0.817 bits per heavy atom. The summed E-state index contributed by atoms with van der Waals surface area (Å²) in [6.07, 6.45) is 0. The fourth-order valence-electron chi connectivity index (χ4n) is 8.66. The number of aromatic nitrogens is 4. The molecule has 0 unspecified atom stereocenters. The number of rotatable bonds is 6. The highest BCUT2D eigenvalue weighted by molar-refractivity contribution is 6.15. The summed E-state index contributed by atoms with van der Waals surface area (Å²) in [5.74, 6) is 1.82. The highest BCUT2D eigenvalue weighted by Gasteiger charge is 2.20. The summed E-state index contributed by atoms with van der Waals surface area (Å²) in [7, 11) is 0. The van der Waals surface area contributed by atoms with Crippen LogP contribution in [0.2, 0.25) is 0 Å². The summed E-state index contributed by atoms with van der Waals surface area (Å²) in [6, 6.07) is 72.1. The van der Waals surface area contributed by atoms with E-state index < -0.39 is 0 Å². The third kappa shape index (κ3) is 5.67. The molecule has 0 amide bonds. The van der Waals surface area contributed by atoms with Crippen molar-refractivity contribution >= 4 is 54.5 Å². The first-order valence-corrected chi connectivity index (χ1v) is 20.2. The van der Waals surface area contributed by atoms with Crippen LogP contribution >= 0.6 is 0 Å². The Labute approximate surface area is 345 Å². The first kappa shape index (κ1) is 33.9. The van der Waals surface area contributed by atoms with Crippen molar-refractivity contribution in [2.75, 3.05) is 0 Å². The molecule has 0 fully saturated rings. The molecule has 3 heterocycles. The Bertz CT molecular complexity index is 3470. The van der Waals surface area contributed by atoms with Crippen LogP contribution in [0, 0.1) is 0 Å². The summed E-state index contributed by atoms with van der Waals surface area (Å²) < 4.78 is 9.14. The second-order valence-corrected chi connectivity index (χ2v) is 15.2. The van der Waals surface area contributed by atoms with Gasteiger partial charge in [-0.05, 0) is 75.5 Å². The van der Waals surface area contributed by atoms with Gasteiger partial charge >= 0.3 is 0 Å². The number of hydrogen-bond acceptors (Lipinski definition) is 4. The van der Waals surface area contributed by atoms with Gasteiger partial charge in [-0.25, -0.2) is 15.0 Å². The normalized spacial score (nSPS) is 11.7. The first-order chi connectivity index (χ1) is 29.7. The quantitative estimate of drug-likeness (QED) is 0.169. The molecule has 60 heavy (non-hydrogen) atoms. The van der Waals surface area contributed by atoms with E-state index in [1.54, 1.807) is 0 Å². The molecule has 0 radical (unpaired) electrons. The third-order valence-electron chi connectivity index (χ3n) is 11.7. The highest BCUT2D eigenvalue weighted by Crippen LogP contribution is 2.40. The number of benzene rings is 9. The van der Waals surface area contributed by atoms with Crippen LogP contribution in [-0.4, -0.2) is 19.5 Å². The SMILES string of the molecule is c1ccc(-c2ccc(-c3nc(-c4ccc(-c5ccccc5)cc4)nc(-c4ccc5oc6c(-n7c8ccccc8c8cc9ccccc9cc87)cccc6c5c4)n3)cc2)cc1. The van der Waals surface area contributed by atoms with Gasteiger partial charge in [-0.2, -0.15) is 0 Å². The molecular formula is C55H34N4O. The maximum atomic E-state index is 6.79. The highest BCUT2D eigenvalue weighted by atomic mass is 16.3. The predicted molar refractivity (Wildman–Crippen MR) is 246 cm³/mol. The number of nitrogens with zero attached hydrogens (tertiary/aromatic N) is 4. The van der Waals surface area contributed by atoms with Crippen LogP contribution in [-0.2, 0) is 0 Å². The van der Waals surface area contributed by atoms with Gasteiger partial charge in [-0.15, -0.1) is 0 Å². The molecule has 9 aromatic carbocycles. The molecule has 0 saturated heterocycles. The van der Waals surface area contributed by atoms with E-state index in [0.29, 0.717) is 17.5 Å². The lowest BCUT2D eigenvalue weighted by atomic mass is 10.0. The third-order valence-corrected chi connectivity index (χ3v) is 11.7. The lowest BCUT2D eigenvalue weighted by molar-refractivity contribution is 0.666. The molecule has 5 nitrogen and oxygen atoms in total. The van der Waals surface area contributed by atoms with Crippen molar-refractivity contribution in [2.45, 2.75) is 0 Å². The summed E-state index contributed by atoms with van der Waals surface area (Å²) in [5, 5.41) is 6.87. The van der Waals surface area contributed by atoms with Gasteiger partial charge < -0.3 is 8.98 Å². The van der Waals surface area contributed by atoms with Gasteiger partial charge in [-0.1, -0.05) is 164 Å². The zero-order valence-corrected chi connectivity index (χ0v) is 32.3. The van der Waals surface area contributed by atoms with Crippen LogP contribution in [0.15, 0.2) is 211 Å². The fourth-order valence-corrected chi connectivity index (χ4v) is 8.66. The van der Waals surface area contributed by atoms with Gasteiger partial charge in [0.25, 0.3) is 0 Å². The summed E-state index contributed by atoms with van der Waals surface area (Å²) in [4.78, 5) is 15.3. The lowest BCUT2D eigenvalue weighted by Gasteiger charge is -2.10. The Morgan fingerprint density at radius 1 is 0.317 bits per heavy atom. The van der Waals surface area contributed by atoms with Gasteiger partial charge in [0, 0.05) is 38.2 Å². The molecule has 3 aromatic heterocycles. The molecule has 0 N–H and O–H groups in total. The smallest absolute Gasteiger partial charge is 0.164 e. The standard InChI is InChI=1S/C55H34N4O/c1-3-12-35(13-4-1)37-22-26-39(27-23-37)53-56-54(40-28-24-38(25-29-40)36-14-5-2-6-15-36)58-55(57-53)43-30-31-51-47(33-43)45-19-11-21-49(52(45)60-51)59-48-20-10-9-18-44(48)46-32-41-16-7-8-17-42(41)34-50(46)59/h1-34H. The van der Waals surface area contributed by atoms with E-state index in [4.69, 9.17) is 19.4 Å². The minimum Gasteiger partial charge on any atom is -0.454 e. The van der Waals surface area contributed by atoms with Crippen LogP contribution in [0.5, 0.6) is 0 Å². The summed E-state index contributed by atoms with van der Waals surface area (Å²) >= 11 is 0. The van der Waals surface area contributed by atoms with E-state index in [2.05, 4.69) is 193 Å². The maximum absolute atomic E-state index is 6.79. The molecule has 0 saturated carbocycles. The van der Waals surface area contributed by atoms with E-state index in [1.807, 2.05) is 18.2 Å². The van der Waals surface area contributed by atoms with E-state index in [0.717, 1.165) is 77.6 Å². The molecule has 0 aliphatic rings. The molecule has 12 rings (SSSR count). The van der Waals surface area contributed by atoms with Crippen LogP contribution in [0.4, 0.5) is 0 Å². The average molecular weight is 767 g/mol. The Kier molecular flexibility index (Phi) is 7.78. The van der Waals surface area contributed by atoms with Gasteiger partial charge in [0.15, 0.2) is 23.1 Å². The van der Waals surface area contributed by atoms with Crippen molar-refractivity contribution in [1.82, 2.24) is 19.5 Å². The van der Waals surface area contributed by atoms with Crippen molar-refractivity contribution in [3.8, 4) is 62.1 Å². The maximum Gasteiger partial charge on any atom is 0.164 e. The molecule has 0 atom stereocenters.